The SMILES string of the molecule is Cl.NC1CCCC(C(=O)N2CCN(C(=O)c3cc4ccccc4[nH]3)CC2)C1. The summed E-state index contributed by atoms with van der Waals surface area (Å²) in [6.07, 6.45) is 3.81. The number of aromatic amines is 1. The summed E-state index contributed by atoms with van der Waals surface area (Å²) in [4.78, 5) is 32.4. The molecule has 1 aliphatic heterocycles. The first-order valence-corrected chi connectivity index (χ1v) is 9.53. The van der Waals surface area contributed by atoms with E-state index >= 15 is 0 Å². The number of para-hydroxylation sites is 1. The molecular formula is C20H27ClN4O2. The molecule has 2 aromatic rings. The molecule has 4 rings (SSSR count). The van der Waals surface area contributed by atoms with E-state index in [1.165, 1.54) is 0 Å². The van der Waals surface area contributed by atoms with Crippen LogP contribution in [0.5, 0.6) is 0 Å². The highest BCUT2D eigenvalue weighted by molar-refractivity contribution is 5.98. The molecule has 1 aromatic carbocycles. The van der Waals surface area contributed by atoms with Crippen molar-refractivity contribution in [1.29, 1.82) is 0 Å². The fourth-order valence-electron chi connectivity index (χ4n) is 4.20. The average Bonchev–Trinajstić information content (AvgIpc) is 3.11. The molecule has 0 radical (unpaired) electrons. The second-order valence-corrected chi connectivity index (χ2v) is 7.51. The summed E-state index contributed by atoms with van der Waals surface area (Å²) in [7, 11) is 0. The molecule has 1 aliphatic carbocycles. The number of halogens is 1. The van der Waals surface area contributed by atoms with Gasteiger partial charge in [0.1, 0.15) is 5.69 Å². The predicted molar refractivity (Wildman–Crippen MR) is 108 cm³/mol. The molecule has 1 aromatic heterocycles. The Kier molecular flexibility index (Phi) is 6.07. The van der Waals surface area contributed by atoms with Gasteiger partial charge in [-0.15, -0.1) is 12.4 Å². The molecule has 2 fully saturated rings. The van der Waals surface area contributed by atoms with Gasteiger partial charge in [-0.2, -0.15) is 0 Å². The zero-order valence-corrected chi connectivity index (χ0v) is 16.2. The minimum absolute atomic E-state index is 0. The number of nitrogens with two attached hydrogens (primary N) is 1. The van der Waals surface area contributed by atoms with Crippen LogP contribution in [-0.4, -0.2) is 58.8 Å². The summed E-state index contributed by atoms with van der Waals surface area (Å²) in [5.41, 5.74) is 7.61. The third kappa shape index (κ3) is 4.12. The normalized spacial score (nSPS) is 23.1. The van der Waals surface area contributed by atoms with Crippen LogP contribution >= 0.6 is 12.4 Å². The molecular weight excluding hydrogens is 364 g/mol. The van der Waals surface area contributed by atoms with Crippen molar-refractivity contribution in [2.45, 2.75) is 31.7 Å². The number of aromatic nitrogens is 1. The van der Waals surface area contributed by atoms with E-state index < -0.39 is 0 Å². The predicted octanol–water partition coefficient (Wildman–Crippen LogP) is 2.39. The number of rotatable bonds is 2. The Balaban J connectivity index is 0.00000210. The van der Waals surface area contributed by atoms with Gasteiger partial charge in [0.2, 0.25) is 5.91 Å². The van der Waals surface area contributed by atoms with Gasteiger partial charge >= 0.3 is 0 Å². The van der Waals surface area contributed by atoms with E-state index in [9.17, 15) is 9.59 Å². The first-order chi connectivity index (χ1) is 12.6. The maximum Gasteiger partial charge on any atom is 0.270 e. The number of carbonyl (C=O) groups excluding carboxylic acids is 2. The Morgan fingerprint density at radius 1 is 1.04 bits per heavy atom. The number of carbonyl (C=O) groups is 2. The van der Waals surface area contributed by atoms with Gasteiger partial charge in [-0.1, -0.05) is 24.6 Å². The average molecular weight is 391 g/mol. The van der Waals surface area contributed by atoms with Crippen molar-refractivity contribution in [2.75, 3.05) is 26.2 Å². The molecule has 1 saturated heterocycles. The van der Waals surface area contributed by atoms with Gasteiger partial charge in [-0.3, -0.25) is 9.59 Å². The monoisotopic (exact) mass is 390 g/mol. The molecule has 0 bridgehead atoms. The summed E-state index contributed by atoms with van der Waals surface area (Å²) in [6, 6.07) is 9.94. The Bertz CT molecular complexity index is 780. The minimum Gasteiger partial charge on any atom is -0.351 e. The lowest BCUT2D eigenvalue weighted by molar-refractivity contribution is -0.138. The Labute approximate surface area is 165 Å². The summed E-state index contributed by atoms with van der Waals surface area (Å²) >= 11 is 0. The Hall–Kier alpha value is -2.05. The second kappa shape index (κ2) is 8.31. The third-order valence-corrected chi connectivity index (χ3v) is 5.70. The smallest absolute Gasteiger partial charge is 0.270 e. The number of amides is 2. The first-order valence-electron chi connectivity index (χ1n) is 9.53. The van der Waals surface area contributed by atoms with Crippen LogP contribution < -0.4 is 5.73 Å². The molecule has 7 heteroatoms. The second-order valence-electron chi connectivity index (χ2n) is 7.51. The number of H-pyrrole nitrogens is 1. The van der Waals surface area contributed by atoms with Crippen molar-refractivity contribution < 1.29 is 9.59 Å². The van der Waals surface area contributed by atoms with E-state index in [2.05, 4.69) is 4.98 Å². The summed E-state index contributed by atoms with van der Waals surface area (Å²) in [5.74, 6) is 0.292. The number of nitrogens with one attached hydrogen (secondary N) is 1. The van der Waals surface area contributed by atoms with E-state index in [1.54, 1.807) is 0 Å². The lowest BCUT2D eigenvalue weighted by atomic mass is 9.85. The third-order valence-electron chi connectivity index (χ3n) is 5.70. The fraction of sp³-hybridized carbons (Fsp3) is 0.500. The molecule has 2 unspecified atom stereocenters. The van der Waals surface area contributed by atoms with Crippen LogP contribution in [0.2, 0.25) is 0 Å². The van der Waals surface area contributed by atoms with Crippen LogP contribution in [0.3, 0.4) is 0 Å². The first kappa shape index (κ1) is 19.7. The maximum atomic E-state index is 12.8. The molecule has 1 saturated carbocycles. The number of hydrogen-bond acceptors (Lipinski definition) is 3. The van der Waals surface area contributed by atoms with Gasteiger partial charge in [0.05, 0.1) is 0 Å². The van der Waals surface area contributed by atoms with Crippen LogP contribution in [0, 0.1) is 5.92 Å². The highest BCUT2D eigenvalue weighted by Gasteiger charge is 2.32. The van der Waals surface area contributed by atoms with E-state index in [0.717, 1.165) is 36.6 Å². The lowest BCUT2D eigenvalue weighted by Crippen LogP contribution is -2.52. The molecule has 27 heavy (non-hydrogen) atoms. The largest absolute Gasteiger partial charge is 0.351 e. The van der Waals surface area contributed by atoms with Gasteiger partial charge in [0.25, 0.3) is 5.91 Å². The van der Waals surface area contributed by atoms with E-state index in [1.807, 2.05) is 40.1 Å². The van der Waals surface area contributed by atoms with Crippen LogP contribution in [0.4, 0.5) is 0 Å². The van der Waals surface area contributed by atoms with E-state index in [0.29, 0.717) is 31.9 Å². The van der Waals surface area contributed by atoms with Crippen molar-refractivity contribution in [3.8, 4) is 0 Å². The van der Waals surface area contributed by atoms with Crippen LogP contribution in [0.25, 0.3) is 10.9 Å². The van der Waals surface area contributed by atoms with Crippen molar-refractivity contribution >= 4 is 35.1 Å². The number of piperazine rings is 1. The lowest BCUT2D eigenvalue weighted by Gasteiger charge is -2.37. The van der Waals surface area contributed by atoms with Crippen LogP contribution in [0.15, 0.2) is 30.3 Å². The highest BCUT2D eigenvalue weighted by atomic mass is 35.5. The number of fused-ring (bicyclic) bond motifs is 1. The topological polar surface area (TPSA) is 82.4 Å². The summed E-state index contributed by atoms with van der Waals surface area (Å²) in [5, 5.41) is 1.04. The standard InChI is InChI=1S/C20H26N4O2.ClH/c21-16-6-3-5-15(12-16)19(25)23-8-10-24(11-9-23)20(26)18-13-14-4-1-2-7-17(14)22-18;/h1-2,4,7,13,15-16,22H,3,5-6,8-12,21H2;1H. The van der Waals surface area contributed by atoms with Crippen molar-refractivity contribution in [2.24, 2.45) is 11.7 Å². The van der Waals surface area contributed by atoms with Crippen molar-refractivity contribution in [3.63, 3.8) is 0 Å². The fourth-order valence-corrected chi connectivity index (χ4v) is 4.20. The van der Waals surface area contributed by atoms with E-state index in [4.69, 9.17) is 5.73 Å². The van der Waals surface area contributed by atoms with Crippen molar-refractivity contribution in [1.82, 2.24) is 14.8 Å². The number of hydrogen-bond donors (Lipinski definition) is 2. The zero-order chi connectivity index (χ0) is 18.1. The Morgan fingerprint density at radius 3 is 2.44 bits per heavy atom. The van der Waals surface area contributed by atoms with Gasteiger partial charge < -0.3 is 20.5 Å². The maximum absolute atomic E-state index is 12.8. The molecule has 0 spiro atoms. The van der Waals surface area contributed by atoms with Gasteiger partial charge in [-0.05, 0) is 31.4 Å². The molecule has 2 aliphatic rings. The molecule has 146 valence electrons. The molecule has 6 nitrogen and oxygen atoms in total. The minimum atomic E-state index is 0. The summed E-state index contributed by atoms with van der Waals surface area (Å²) < 4.78 is 0. The zero-order valence-electron chi connectivity index (χ0n) is 15.4. The van der Waals surface area contributed by atoms with Crippen LogP contribution in [0.1, 0.15) is 36.2 Å². The van der Waals surface area contributed by atoms with E-state index in [-0.39, 0.29) is 36.2 Å². The molecule has 2 amide bonds. The van der Waals surface area contributed by atoms with Gasteiger partial charge in [0.15, 0.2) is 0 Å². The summed E-state index contributed by atoms with van der Waals surface area (Å²) in [6.45, 7) is 2.38. The molecule has 3 N–H and O–H groups in total. The van der Waals surface area contributed by atoms with Gasteiger partial charge in [-0.25, -0.2) is 0 Å². The molecule has 2 atom stereocenters. The molecule has 2 heterocycles. The van der Waals surface area contributed by atoms with Gasteiger partial charge in [0, 0.05) is 49.0 Å². The number of nitrogens with zero attached hydrogens (tertiary/aromatic N) is 2. The Morgan fingerprint density at radius 2 is 1.74 bits per heavy atom. The quantitative estimate of drug-likeness (QED) is 0.825. The van der Waals surface area contributed by atoms with Crippen molar-refractivity contribution in [3.05, 3.63) is 36.0 Å². The van der Waals surface area contributed by atoms with Crippen LogP contribution in [-0.2, 0) is 4.79 Å². The number of benzene rings is 1. The highest BCUT2D eigenvalue weighted by Crippen LogP contribution is 2.25.